The maximum Gasteiger partial charge on any atom is 0.390 e. The summed E-state index contributed by atoms with van der Waals surface area (Å²) in [6.07, 6.45) is -3.17. The van der Waals surface area contributed by atoms with Crippen molar-refractivity contribution in [1.29, 1.82) is 0 Å². The minimum atomic E-state index is -4.17. The summed E-state index contributed by atoms with van der Waals surface area (Å²) >= 11 is 0. The fourth-order valence-electron chi connectivity index (χ4n) is 3.18. The van der Waals surface area contributed by atoms with Crippen LogP contribution in [-0.4, -0.2) is 49.3 Å². The van der Waals surface area contributed by atoms with Crippen molar-refractivity contribution < 1.29 is 13.2 Å². The maximum atomic E-state index is 12.3. The monoisotopic (exact) mass is 498 g/mol. The smallest absolute Gasteiger partial charge is 0.357 e. The molecule has 0 aromatic heterocycles. The Morgan fingerprint density at radius 3 is 2.41 bits per heavy atom. The van der Waals surface area contributed by atoms with Crippen LogP contribution >= 0.6 is 24.0 Å². The number of nitrogens with one attached hydrogen (secondary N) is 2. The van der Waals surface area contributed by atoms with Gasteiger partial charge in [0, 0.05) is 31.7 Å². The van der Waals surface area contributed by atoms with Crippen molar-refractivity contribution in [3.63, 3.8) is 0 Å². The summed E-state index contributed by atoms with van der Waals surface area (Å²) in [7, 11) is 0. The number of alkyl halides is 3. The summed E-state index contributed by atoms with van der Waals surface area (Å²) in [6, 6.07) is 11.0. The highest BCUT2D eigenvalue weighted by Gasteiger charge is 2.27. The zero-order valence-corrected chi connectivity index (χ0v) is 18.3. The van der Waals surface area contributed by atoms with Crippen LogP contribution in [0.5, 0.6) is 0 Å². The van der Waals surface area contributed by atoms with Gasteiger partial charge in [-0.2, -0.15) is 13.2 Å². The fraction of sp³-hybridized carbons (Fsp3) is 0.632. The van der Waals surface area contributed by atoms with E-state index in [1.807, 2.05) is 13.0 Å². The van der Waals surface area contributed by atoms with Gasteiger partial charge >= 0.3 is 6.18 Å². The normalized spacial score (nSPS) is 17.9. The lowest BCUT2D eigenvalue weighted by Crippen LogP contribution is -2.49. The average molecular weight is 498 g/mol. The second-order valence-electron chi connectivity index (χ2n) is 6.67. The van der Waals surface area contributed by atoms with E-state index >= 15 is 0 Å². The summed E-state index contributed by atoms with van der Waals surface area (Å²) in [5, 5.41) is 6.32. The first kappa shape index (κ1) is 24.0. The second-order valence-corrected chi connectivity index (χ2v) is 6.67. The van der Waals surface area contributed by atoms with Gasteiger partial charge < -0.3 is 10.6 Å². The van der Waals surface area contributed by atoms with Crippen molar-refractivity contribution in [2.24, 2.45) is 4.99 Å². The largest absolute Gasteiger partial charge is 0.390 e. The molecular formula is C19H30F3IN4. The molecule has 0 radical (unpaired) electrons. The van der Waals surface area contributed by atoms with Gasteiger partial charge in [-0.15, -0.1) is 24.0 Å². The maximum absolute atomic E-state index is 12.3. The van der Waals surface area contributed by atoms with E-state index in [2.05, 4.69) is 51.7 Å². The molecule has 4 nitrogen and oxygen atoms in total. The predicted octanol–water partition coefficient (Wildman–Crippen LogP) is 4.34. The molecule has 1 saturated heterocycles. The van der Waals surface area contributed by atoms with Gasteiger partial charge in [-0.05, 0) is 32.3 Å². The van der Waals surface area contributed by atoms with Crippen LogP contribution in [0.3, 0.4) is 0 Å². The van der Waals surface area contributed by atoms with Gasteiger partial charge in [0.2, 0.25) is 0 Å². The molecule has 154 valence electrons. The van der Waals surface area contributed by atoms with Crippen molar-refractivity contribution in [2.45, 2.75) is 51.4 Å². The van der Waals surface area contributed by atoms with Crippen LogP contribution in [-0.2, 0) is 0 Å². The van der Waals surface area contributed by atoms with Crippen molar-refractivity contribution in [1.82, 2.24) is 15.5 Å². The highest BCUT2D eigenvalue weighted by molar-refractivity contribution is 14.0. The Bertz CT molecular complexity index is 558. The van der Waals surface area contributed by atoms with Gasteiger partial charge in [-0.3, -0.25) is 9.89 Å². The molecule has 0 saturated carbocycles. The van der Waals surface area contributed by atoms with Crippen molar-refractivity contribution >= 4 is 29.9 Å². The van der Waals surface area contributed by atoms with Crippen LogP contribution < -0.4 is 10.6 Å². The van der Waals surface area contributed by atoms with Crippen molar-refractivity contribution in [3.05, 3.63) is 35.9 Å². The Morgan fingerprint density at radius 2 is 1.85 bits per heavy atom. The van der Waals surface area contributed by atoms with Gasteiger partial charge in [-0.1, -0.05) is 30.3 Å². The third-order valence-corrected chi connectivity index (χ3v) is 4.71. The van der Waals surface area contributed by atoms with Crippen LogP contribution in [0.4, 0.5) is 13.2 Å². The Morgan fingerprint density at radius 1 is 1.22 bits per heavy atom. The molecule has 1 atom stereocenters. The Kier molecular flexibility index (Phi) is 10.4. The molecule has 0 spiro atoms. The number of likely N-dealkylation sites (tertiary alicyclic amines) is 1. The summed E-state index contributed by atoms with van der Waals surface area (Å²) in [6.45, 7) is 6.41. The number of hydrogen-bond donors (Lipinski definition) is 2. The first-order chi connectivity index (χ1) is 12.4. The number of rotatable bonds is 6. The van der Waals surface area contributed by atoms with E-state index in [1.165, 1.54) is 5.56 Å². The lowest BCUT2D eigenvalue weighted by atomic mass is 10.0. The molecule has 1 aliphatic rings. The minimum Gasteiger partial charge on any atom is -0.357 e. The van der Waals surface area contributed by atoms with Crippen LogP contribution in [0, 0.1) is 0 Å². The molecule has 1 aromatic carbocycles. The molecule has 1 unspecified atom stereocenters. The summed E-state index contributed by atoms with van der Waals surface area (Å²) < 4.78 is 36.9. The SMILES string of the molecule is CCNC(=NCCC(F)(F)F)NC1CCN(C(C)c2ccccc2)CC1.I. The topological polar surface area (TPSA) is 39.7 Å². The Hall–Kier alpha value is -1.03. The molecule has 1 fully saturated rings. The predicted molar refractivity (Wildman–Crippen MR) is 115 cm³/mol. The fourth-order valence-corrected chi connectivity index (χ4v) is 3.18. The first-order valence-electron chi connectivity index (χ1n) is 9.29. The third kappa shape index (κ3) is 8.68. The molecule has 0 aliphatic carbocycles. The zero-order chi connectivity index (χ0) is 19.0. The Labute approximate surface area is 177 Å². The van der Waals surface area contributed by atoms with E-state index in [-0.39, 0.29) is 36.6 Å². The molecular weight excluding hydrogens is 468 g/mol. The molecule has 1 aromatic rings. The Balaban J connectivity index is 0.00000364. The molecule has 0 amide bonds. The molecule has 1 aliphatic heterocycles. The number of piperidine rings is 1. The van der Waals surface area contributed by atoms with Gasteiger partial charge in [0.15, 0.2) is 5.96 Å². The van der Waals surface area contributed by atoms with E-state index in [1.54, 1.807) is 0 Å². The second kappa shape index (κ2) is 11.7. The number of benzene rings is 1. The standard InChI is InChI=1S/C19H29F3N4.HI/c1-3-23-18(24-12-11-19(20,21)22)25-17-9-13-26(14-10-17)15(2)16-7-5-4-6-8-16;/h4-8,15,17H,3,9-14H2,1-2H3,(H2,23,24,25);1H. The molecule has 2 rings (SSSR count). The zero-order valence-electron chi connectivity index (χ0n) is 15.9. The number of nitrogens with zero attached hydrogens (tertiary/aromatic N) is 2. The third-order valence-electron chi connectivity index (χ3n) is 4.71. The minimum absolute atomic E-state index is 0. The number of guanidine groups is 1. The van der Waals surface area contributed by atoms with E-state index < -0.39 is 12.6 Å². The van der Waals surface area contributed by atoms with E-state index in [4.69, 9.17) is 0 Å². The van der Waals surface area contributed by atoms with E-state index in [0.717, 1.165) is 25.9 Å². The lowest BCUT2D eigenvalue weighted by Gasteiger charge is -2.37. The first-order valence-corrected chi connectivity index (χ1v) is 9.29. The van der Waals surface area contributed by atoms with Crippen molar-refractivity contribution in [3.8, 4) is 0 Å². The van der Waals surface area contributed by atoms with Gasteiger partial charge in [0.1, 0.15) is 0 Å². The quantitative estimate of drug-likeness (QED) is 0.349. The van der Waals surface area contributed by atoms with Crippen LogP contribution in [0.2, 0.25) is 0 Å². The molecule has 8 heteroatoms. The summed E-state index contributed by atoms with van der Waals surface area (Å²) in [5.74, 6) is 0.478. The highest BCUT2D eigenvalue weighted by atomic mass is 127. The van der Waals surface area contributed by atoms with Crippen LogP contribution in [0.15, 0.2) is 35.3 Å². The number of halogens is 4. The number of hydrogen-bond acceptors (Lipinski definition) is 2. The highest BCUT2D eigenvalue weighted by Crippen LogP contribution is 2.24. The van der Waals surface area contributed by atoms with Crippen molar-refractivity contribution in [2.75, 3.05) is 26.2 Å². The van der Waals surface area contributed by atoms with Gasteiger partial charge in [0.25, 0.3) is 0 Å². The summed E-state index contributed by atoms with van der Waals surface area (Å²) in [4.78, 5) is 6.50. The number of aliphatic imine (C=N–C) groups is 1. The van der Waals surface area contributed by atoms with Gasteiger partial charge in [0.05, 0.1) is 13.0 Å². The molecule has 1 heterocycles. The summed E-state index contributed by atoms with van der Waals surface area (Å²) in [5.41, 5.74) is 1.31. The lowest BCUT2D eigenvalue weighted by molar-refractivity contribution is -0.132. The average Bonchev–Trinajstić information content (AvgIpc) is 2.61. The molecule has 0 bridgehead atoms. The molecule has 27 heavy (non-hydrogen) atoms. The van der Waals surface area contributed by atoms with Crippen LogP contribution in [0.25, 0.3) is 0 Å². The van der Waals surface area contributed by atoms with Gasteiger partial charge in [-0.25, -0.2) is 0 Å². The molecule has 2 N–H and O–H groups in total. The van der Waals surface area contributed by atoms with E-state index in [0.29, 0.717) is 18.5 Å². The van der Waals surface area contributed by atoms with Crippen LogP contribution in [0.1, 0.15) is 44.7 Å². The van der Waals surface area contributed by atoms with E-state index in [9.17, 15) is 13.2 Å².